The van der Waals surface area contributed by atoms with Gasteiger partial charge >= 0.3 is 25.8 Å². The van der Waals surface area contributed by atoms with Gasteiger partial charge in [-0.1, -0.05) is 26.4 Å². The van der Waals surface area contributed by atoms with Crippen LogP contribution in [0.4, 0.5) is 0 Å². The van der Waals surface area contributed by atoms with Crippen molar-refractivity contribution in [2.75, 3.05) is 83.3 Å². The van der Waals surface area contributed by atoms with Gasteiger partial charge in [-0.25, -0.2) is 0 Å². The summed E-state index contributed by atoms with van der Waals surface area (Å²) in [4.78, 5) is 0. The molecular formula is C56H116HfO20. The van der Waals surface area contributed by atoms with Crippen molar-refractivity contribution < 1.29 is 122 Å². The predicted molar refractivity (Wildman–Crippen MR) is 287 cm³/mol. The molecule has 0 aliphatic heterocycles. The van der Waals surface area contributed by atoms with Crippen molar-refractivity contribution in [1.82, 2.24) is 0 Å². The van der Waals surface area contributed by atoms with E-state index >= 15 is 0 Å². The fourth-order valence-electron chi connectivity index (χ4n) is 7.12. The third-order valence-electron chi connectivity index (χ3n) is 10.4. The molecule has 21 heteroatoms. The van der Waals surface area contributed by atoms with Crippen LogP contribution in [0.15, 0.2) is 0 Å². The molecule has 0 aliphatic carbocycles. The first-order valence-corrected chi connectivity index (χ1v) is 25.7. The summed E-state index contributed by atoms with van der Waals surface area (Å²) >= 11 is 0. The van der Waals surface area contributed by atoms with Gasteiger partial charge in [0.05, 0.1) is 44.8 Å². The quantitative estimate of drug-likeness (QED) is 0.0719. The van der Waals surface area contributed by atoms with E-state index in [1.54, 1.807) is 27.7 Å². The minimum atomic E-state index is -1.53. The maximum atomic E-state index is 11.9. The molecule has 0 saturated carbocycles. The van der Waals surface area contributed by atoms with Gasteiger partial charge in [-0.3, -0.25) is 0 Å². The van der Waals surface area contributed by atoms with Crippen molar-refractivity contribution in [2.24, 2.45) is 0 Å². The van der Waals surface area contributed by atoms with Gasteiger partial charge in [0.25, 0.3) is 0 Å². The monoisotopic (exact) mass is 1290 g/mol. The average molecular weight is 1290 g/mol. The van der Waals surface area contributed by atoms with Crippen LogP contribution < -0.4 is 20.4 Å². The van der Waals surface area contributed by atoms with Crippen LogP contribution in [0.3, 0.4) is 0 Å². The zero-order chi connectivity index (χ0) is 62.1. The van der Waals surface area contributed by atoms with Crippen molar-refractivity contribution in [1.29, 1.82) is 0 Å². The smallest absolute Gasteiger partial charge is 0.851 e. The second-order valence-electron chi connectivity index (χ2n) is 26.7. The van der Waals surface area contributed by atoms with Crippen molar-refractivity contribution in [3.8, 4) is 0 Å². The maximum absolute atomic E-state index is 11.9. The zero-order valence-corrected chi connectivity index (χ0v) is 59.1. The molecule has 0 N–H and O–H groups in total. The minimum Gasteiger partial charge on any atom is -0.851 e. The molecule has 0 aliphatic rings. The van der Waals surface area contributed by atoms with Crippen LogP contribution in [0.2, 0.25) is 0 Å². The Morgan fingerprint density at radius 2 is 0.273 bits per heavy atom. The van der Waals surface area contributed by atoms with Crippen molar-refractivity contribution in [3.63, 3.8) is 0 Å². The number of rotatable bonds is 24. The topological polar surface area (TPSA) is 240 Å². The summed E-state index contributed by atoms with van der Waals surface area (Å²) in [6, 6.07) is 0. The molecule has 0 rings (SSSR count). The Morgan fingerprint density at radius 1 is 0.195 bits per heavy atom. The van der Waals surface area contributed by atoms with Crippen LogP contribution >= 0.6 is 0 Å². The molecule has 0 heterocycles. The maximum Gasteiger partial charge on any atom is 4.00 e. The van der Waals surface area contributed by atoms with E-state index in [0.29, 0.717) is 0 Å². The molecular weight excluding hydrogens is 1170 g/mol. The molecule has 0 atom stereocenters. The van der Waals surface area contributed by atoms with Crippen LogP contribution in [-0.2, 0) is 102 Å². The third kappa shape index (κ3) is 28.9. The summed E-state index contributed by atoms with van der Waals surface area (Å²) in [6.07, 6.45) is 0. The van der Waals surface area contributed by atoms with Gasteiger partial charge in [-0.05, 0) is 194 Å². The van der Waals surface area contributed by atoms with Crippen LogP contribution in [-0.4, -0.2) is 174 Å². The van der Waals surface area contributed by atoms with Gasteiger partial charge in [0.15, 0.2) is 0 Å². The Morgan fingerprint density at radius 3 is 0.312 bits per heavy atom. The van der Waals surface area contributed by atoms with E-state index in [0.717, 1.165) is 0 Å². The first kappa shape index (κ1) is 85.9. The molecule has 0 radical (unpaired) electrons. The van der Waals surface area contributed by atoms with Gasteiger partial charge in [0.1, 0.15) is 0 Å². The molecule has 0 aromatic heterocycles. The number of hydrogen-bond donors (Lipinski definition) is 0. The van der Waals surface area contributed by atoms with E-state index in [9.17, 15) is 20.4 Å². The van der Waals surface area contributed by atoms with Crippen molar-refractivity contribution in [2.45, 2.75) is 285 Å². The number of methoxy groups -OCH3 is 8. The number of ether oxygens (including phenoxy) is 16. The van der Waals surface area contributed by atoms with Crippen molar-refractivity contribution >= 4 is 0 Å². The van der Waals surface area contributed by atoms with E-state index in [1.165, 1.54) is 56.9 Å². The summed E-state index contributed by atoms with van der Waals surface area (Å²) in [5, 5.41) is 47.4. The van der Waals surface area contributed by atoms with E-state index in [4.69, 9.17) is 75.8 Å². The molecule has 0 aromatic rings. The first-order chi connectivity index (χ1) is 33.4. The minimum absolute atomic E-state index is 0. The van der Waals surface area contributed by atoms with E-state index in [1.807, 2.05) is 166 Å². The fraction of sp³-hybridized carbons (Fsp3) is 1.00. The zero-order valence-electron chi connectivity index (χ0n) is 55.5. The van der Waals surface area contributed by atoms with Gasteiger partial charge in [0, 0.05) is 56.9 Å². The molecule has 77 heavy (non-hydrogen) atoms. The summed E-state index contributed by atoms with van der Waals surface area (Å²) in [5.41, 5.74) is -4.60. The van der Waals surface area contributed by atoms with Crippen LogP contribution in [0.5, 0.6) is 0 Å². The van der Waals surface area contributed by atoms with Crippen LogP contribution in [0.1, 0.15) is 194 Å². The standard InChI is InChI=1S/4C14H29O5.Hf/c4*1-11(2,3)18-14(10-15,19-12(4,5)6)13(7,16-8)17-9;/h4*10H2,1-9H3;/q4*-1;+4. The Hall–Kier alpha value is 0.0701. The molecule has 0 fully saturated rings. The molecule has 0 saturated heterocycles. The molecule has 0 spiro atoms. The van der Waals surface area contributed by atoms with Gasteiger partial charge in [-0.15, -0.1) is 0 Å². The summed E-state index contributed by atoms with van der Waals surface area (Å²) < 4.78 is 90.2. The third-order valence-corrected chi connectivity index (χ3v) is 10.4. The SMILES string of the molecule is COC(C)(OC)C(C[O-])(OC(C)(C)C)OC(C)(C)C.COC(C)(OC)C(C[O-])(OC(C)(C)C)OC(C)(C)C.COC(C)(OC)C(C[O-])(OC(C)(C)C)OC(C)(C)C.COC(C)(OC)C(C[O-])(OC(C)(C)C)OC(C)(C)C.[Hf+4]. The first-order valence-electron chi connectivity index (χ1n) is 25.7. The summed E-state index contributed by atoms with van der Waals surface area (Å²) in [5.74, 6) is -11.3. The van der Waals surface area contributed by atoms with Gasteiger partial charge in [-0.2, -0.15) is 0 Å². The normalized spacial score (nSPS) is 14.6. The van der Waals surface area contributed by atoms with Crippen LogP contribution in [0.25, 0.3) is 0 Å². The van der Waals surface area contributed by atoms with Crippen LogP contribution in [0, 0.1) is 0 Å². The van der Waals surface area contributed by atoms with Crippen molar-refractivity contribution in [3.05, 3.63) is 0 Å². The Balaban J connectivity index is -0.000000298. The average Bonchev–Trinajstić information content (AvgIpc) is 3.23. The van der Waals surface area contributed by atoms with E-state index in [-0.39, 0.29) is 25.8 Å². The van der Waals surface area contributed by atoms with E-state index in [2.05, 4.69) is 0 Å². The molecule has 464 valence electrons. The van der Waals surface area contributed by atoms with Gasteiger partial charge < -0.3 is 96.2 Å². The van der Waals surface area contributed by atoms with Gasteiger partial charge in [0.2, 0.25) is 46.3 Å². The second-order valence-corrected chi connectivity index (χ2v) is 26.7. The summed E-state index contributed by atoms with van der Waals surface area (Å²) in [6.45, 7) is 48.6. The number of hydrogen-bond acceptors (Lipinski definition) is 20. The Labute approximate surface area is 488 Å². The molecule has 0 bridgehead atoms. The Bertz CT molecular complexity index is 1260. The molecule has 0 amide bonds. The second kappa shape index (κ2) is 31.8. The summed E-state index contributed by atoms with van der Waals surface area (Å²) in [7, 11) is 11.7. The predicted octanol–water partition coefficient (Wildman–Crippen LogP) is 6.73. The molecule has 0 aromatic carbocycles. The fourth-order valence-corrected chi connectivity index (χ4v) is 7.12. The molecule has 0 unspecified atom stereocenters. The molecule has 20 nitrogen and oxygen atoms in total. The van der Waals surface area contributed by atoms with E-state index < -0.39 is 118 Å². The largest absolute Gasteiger partial charge is 4.00 e. The Kier molecular flexibility index (Phi) is 35.5.